The molecule has 2 fully saturated rings. The molecule has 1 heterocycles. The zero-order valence-electron chi connectivity index (χ0n) is 7.88. The molecular weight excluding hydrogens is 154 g/mol. The van der Waals surface area contributed by atoms with Crippen LogP contribution in [0.2, 0.25) is 0 Å². The zero-order valence-corrected chi connectivity index (χ0v) is 7.88. The van der Waals surface area contributed by atoms with Crippen LogP contribution in [0, 0.1) is 0 Å². The summed E-state index contributed by atoms with van der Waals surface area (Å²) in [5.74, 6) is 0. The Kier molecular flexibility index (Phi) is 2.10. The van der Waals surface area contributed by atoms with E-state index in [1.165, 1.54) is 0 Å². The molecule has 0 radical (unpaired) electrons. The van der Waals surface area contributed by atoms with Crippen LogP contribution in [0.5, 0.6) is 0 Å². The van der Waals surface area contributed by atoms with Gasteiger partial charge in [-0.3, -0.25) is 0 Å². The summed E-state index contributed by atoms with van der Waals surface area (Å²) < 4.78 is 11.0. The van der Waals surface area contributed by atoms with Gasteiger partial charge in [0.15, 0.2) is 0 Å². The molecule has 0 aromatic heterocycles. The minimum atomic E-state index is 0.147. The third kappa shape index (κ3) is 1.37. The molecule has 1 saturated heterocycles. The van der Waals surface area contributed by atoms with Crippen molar-refractivity contribution < 1.29 is 9.47 Å². The smallest absolute Gasteiger partial charge is 0.0858 e. The predicted molar refractivity (Wildman–Crippen MR) is 46.2 cm³/mol. The number of ether oxygens (including phenoxy) is 2. The Bertz CT molecular complexity index is 166. The van der Waals surface area contributed by atoms with E-state index in [0.717, 1.165) is 32.5 Å². The van der Waals surface area contributed by atoms with Gasteiger partial charge in [-0.2, -0.15) is 0 Å². The predicted octanol–water partition coefficient (Wildman–Crippen LogP) is 0.496. The fourth-order valence-electron chi connectivity index (χ4n) is 2.22. The summed E-state index contributed by atoms with van der Waals surface area (Å²) in [5.41, 5.74) is 0.147. The quantitative estimate of drug-likeness (QED) is 0.573. The molecular formula is C9H17NO2. The lowest BCUT2D eigenvalue weighted by Crippen LogP contribution is -2.59. The third-order valence-corrected chi connectivity index (χ3v) is 2.97. The molecule has 0 unspecified atom stereocenters. The average molecular weight is 171 g/mol. The van der Waals surface area contributed by atoms with Crippen LogP contribution in [0.15, 0.2) is 0 Å². The van der Waals surface area contributed by atoms with Crippen LogP contribution < -0.4 is 0 Å². The Morgan fingerprint density at radius 1 is 1.50 bits per heavy atom. The van der Waals surface area contributed by atoms with Crippen LogP contribution in [0.25, 0.3) is 0 Å². The summed E-state index contributed by atoms with van der Waals surface area (Å²) in [6.45, 7) is 3.03. The molecule has 1 spiro atoms. The second kappa shape index (κ2) is 2.98. The van der Waals surface area contributed by atoms with Crippen LogP contribution in [-0.4, -0.2) is 50.5 Å². The maximum Gasteiger partial charge on any atom is 0.0858 e. The Morgan fingerprint density at radius 2 is 2.25 bits per heavy atom. The van der Waals surface area contributed by atoms with Crippen LogP contribution in [0.1, 0.15) is 12.8 Å². The first-order valence-electron chi connectivity index (χ1n) is 4.59. The van der Waals surface area contributed by atoms with Gasteiger partial charge in [0, 0.05) is 33.0 Å². The SMILES string of the molecule is COC1CC2(C1)CN(C)CCO2. The highest BCUT2D eigenvalue weighted by molar-refractivity contribution is 5.00. The van der Waals surface area contributed by atoms with Gasteiger partial charge in [-0.25, -0.2) is 0 Å². The van der Waals surface area contributed by atoms with Crippen molar-refractivity contribution in [1.82, 2.24) is 4.90 Å². The van der Waals surface area contributed by atoms with E-state index in [1.54, 1.807) is 7.11 Å². The van der Waals surface area contributed by atoms with E-state index in [0.29, 0.717) is 6.10 Å². The van der Waals surface area contributed by atoms with E-state index in [2.05, 4.69) is 11.9 Å². The normalized spacial score (nSPS) is 43.0. The molecule has 0 bridgehead atoms. The van der Waals surface area contributed by atoms with Gasteiger partial charge in [0.2, 0.25) is 0 Å². The molecule has 0 amide bonds. The van der Waals surface area contributed by atoms with E-state index < -0.39 is 0 Å². The fourth-order valence-corrected chi connectivity index (χ4v) is 2.22. The van der Waals surface area contributed by atoms with Crippen molar-refractivity contribution in [1.29, 1.82) is 0 Å². The van der Waals surface area contributed by atoms with Crippen molar-refractivity contribution in [3.63, 3.8) is 0 Å². The summed E-state index contributed by atoms with van der Waals surface area (Å²) in [7, 11) is 3.94. The van der Waals surface area contributed by atoms with Crippen molar-refractivity contribution in [2.45, 2.75) is 24.5 Å². The lowest BCUT2D eigenvalue weighted by atomic mass is 9.76. The number of nitrogens with zero attached hydrogens (tertiary/aromatic N) is 1. The standard InChI is InChI=1S/C9H17NO2/c1-10-3-4-12-9(7-10)5-8(6-9)11-2/h8H,3-7H2,1-2H3. The molecule has 2 rings (SSSR count). The molecule has 70 valence electrons. The second-order valence-corrected chi connectivity index (χ2v) is 4.04. The van der Waals surface area contributed by atoms with Gasteiger partial charge in [-0.15, -0.1) is 0 Å². The van der Waals surface area contributed by atoms with Crippen molar-refractivity contribution in [2.24, 2.45) is 0 Å². The van der Waals surface area contributed by atoms with E-state index in [4.69, 9.17) is 9.47 Å². The van der Waals surface area contributed by atoms with Gasteiger partial charge in [0.25, 0.3) is 0 Å². The minimum Gasteiger partial charge on any atom is -0.381 e. The maximum absolute atomic E-state index is 5.78. The van der Waals surface area contributed by atoms with Crippen LogP contribution in [0.3, 0.4) is 0 Å². The molecule has 3 nitrogen and oxygen atoms in total. The van der Waals surface area contributed by atoms with Gasteiger partial charge in [0.05, 0.1) is 18.3 Å². The zero-order chi connectivity index (χ0) is 8.60. The Hall–Kier alpha value is -0.120. The average Bonchev–Trinajstić information content (AvgIpc) is 1.99. The number of likely N-dealkylation sites (N-methyl/N-ethyl adjacent to an activating group) is 1. The summed E-state index contributed by atoms with van der Waals surface area (Å²) in [6.07, 6.45) is 2.60. The summed E-state index contributed by atoms with van der Waals surface area (Å²) in [6, 6.07) is 0. The largest absolute Gasteiger partial charge is 0.381 e. The molecule has 0 aromatic rings. The van der Waals surface area contributed by atoms with E-state index >= 15 is 0 Å². The van der Waals surface area contributed by atoms with Crippen LogP contribution in [-0.2, 0) is 9.47 Å². The monoisotopic (exact) mass is 171 g/mol. The van der Waals surface area contributed by atoms with Crippen molar-refractivity contribution in [2.75, 3.05) is 33.9 Å². The lowest BCUT2D eigenvalue weighted by molar-refractivity contribution is -0.195. The van der Waals surface area contributed by atoms with E-state index in [1.807, 2.05) is 0 Å². The van der Waals surface area contributed by atoms with Crippen molar-refractivity contribution >= 4 is 0 Å². The third-order valence-electron chi connectivity index (χ3n) is 2.97. The minimum absolute atomic E-state index is 0.147. The Labute approximate surface area is 73.6 Å². The lowest BCUT2D eigenvalue weighted by Gasteiger charge is -2.51. The highest BCUT2D eigenvalue weighted by atomic mass is 16.5. The fraction of sp³-hybridized carbons (Fsp3) is 1.00. The van der Waals surface area contributed by atoms with Crippen LogP contribution in [0.4, 0.5) is 0 Å². The van der Waals surface area contributed by atoms with Gasteiger partial charge in [0.1, 0.15) is 0 Å². The first-order chi connectivity index (χ1) is 5.74. The van der Waals surface area contributed by atoms with Crippen LogP contribution >= 0.6 is 0 Å². The highest BCUT2D eigenvalue weighted by Crippen LogP contribution is 2.39. The summed E-state index contributed by atoms with van der Waals surface area (Å²) in [5, 5.41) is 0. The first kappa shape index (κ1) is 8.48. The Morgan fingerprint density at radius 3 is 2.83 bits per heavy atom. The summed E-state index contributed by atoms with van der Waals surface area (Å²) in [4.78, 5) is 2.34. The Balaban J connectivity index is 1.88. The molecule has 2 aliphatic rings. The molecule has 1 saturated carbocycles. The van der Waals surface area contributed by atoms with Gasteiger partial charge in [-0.05, 0) is 7.05 Å². The topological polar surface area (TPSA) is 21.7 Å². The first-order valence-corrected chi connectivity index (χ1v) is 4.59. The molecule has 1 aliphatic heterocycles. The second-order valence-electron chi connectivity index (χ2n) is 4.04. The van der Waals surface area contributed by atoms with Crippen molar-refractivity contribution in [3.05, 3.63) is 0 Å². The number of methoxy groups -OCH3 is 1. The molecule has 12 heavy (non-hydrogen) atoms. The molecule has 1 aliphatic carbocycles. The maximum atomic E-state index is 5.78. The van der Waals surface area contributed by atoms with Gasteiger partial charge >= 0.3 is 0 Å². The highest BCUT2D eigenvalue weighted by Gasteiger charge is 2.47. The molecule has 0 N–H and O–H groups in total. The number of rotatable bonds is 1. The number of morpholine rings is 1. The van der Waals surface area contributed by atoms with Gasteiger partial charge < -0.3 is 14.4 Å². The number of hydrogen-bond acceptors (Lipinski definition) is 3. The summed E-state index contributed by atoms with van der Waals surface area (Å²) >= 11 is 0. The van der Waals surface area contributed by atoms with Crippen molar-refractivity contribution in [3.8, 4) is 0 Å². The van der Waals surface area contributed by atoms with E-state index in [9.17, 15) is 0 Å². The van der Waals surface area contributed by atoms with E-state index in [-0.39, 0.29) is 5.60 Å². The van der Waals surface area contributed by atoms with Gasteiger partial charge in [-0.1, -0.05) is 0 Å². The number of hydrogen-bond donors (Lipinski definition) is 0. The molecule has 3 heteroatoms. The molecule has 0 aromatic carbocycles. The molecule has 0 atom stereocenters.